The largest absolute Gasteiger partial charge is 0.330 e. The summed E-state index contributed by atoms with van der Waals surface area (Å²) in [6.07, 6.45) is 1.99. The normalized spacial score (nSPS) is 16.5. The van der Waals surface area contributed by atoms with Crippen molar-refractivity contribution in [1.29, 1.82) is 0 Å². The van der Waals surface area contributed by atoms with Crippen molar-refractivity contribution in [3.63, 3.8) is 0 Å². The fraction of sp³-hybridized carbons (Fsp3) is 1.00. The van der Waals surface area contributed by atoms with Gasteiger partial charge in [-0.25, -0.2) is 13.1 Å². The molecule has 0 aliphatic carbocycles. The van der Waals surface area contributed by atoms with Gasteiger partial charge in [-0.05, 0) is 19.9 Å². The SMILES string of the molecule is CC(CS(C)=O)NS(=O)(=O)CCCN. The molecule has 0 aliphatic rings. The summed E-state index contributed by atoms with van der Waals surface area (Å²) in [6.45, 7) is 2.05. The van der Waals surface area contributed by atoms with Crippen LogP contribution in [0.25, 0.3) is 0 Å². The summed E-state index contributed by atoms with van der Waals surface area (Å²) in [6, 6.07) is -0.288. The first-order valence-corrected chi connectivity index (χ1v) is 7.75. The Balaban J connectivity index is 4.02. The van der Waals surface area contributed by atoms with Crippen LogP contribution in [-0.4, -0.2) is 43.0 Å². The molecule has 0 aromatic carbocycles. The van der Waals surface area contributed by atoms with Crippen LogP contribution < -0.4 is 10.5 Å². The Morgan fingerprint density at radius 1 is 1.50 bits per heavy atom. The van der Waals surface area contributed by atoms with Gasteiger partial charge in [-0.15, -0.1) is 0 Å². The first kappa shape index (κ1) is 14.0. The Kier molecular flexibility index (Phi) is 6.50. The monoisotopic (exact) mass is 242 g/mol. The van der Waals surface area contributed by atoms with Crippen LogP contribution in [-0.2, 0) is 20.8 Å². The lowest BCUT2D eigenvalue weighted by Crippen LogP contribution is -2.37. The minimum Gasteiger partial charge on any atom is -0.330 e. The van der Waals surface area contributed by atoms with Crippen LogP contribution in [0.1, 0.15) is 13.3 Å². The van der Waals surface area contributed by atoms with Gasteiger partial charge in [0.1, 0.15) is 0 Å². The van der Waals surface area contributed by atoms with E-state index in [0.717, 1.165) is 0 Å². The van der Waals surface area contributed by atoms with Gasteiger partial charge in [0.15, 0.2) is 0 Å². The van der Waals surface area contributed by atoms with Crippen molar-refractivity contribution in [1.82, 2.24) is 4.72 Å². The molecule has 5 nitrogen and oxygen atoms in total. The molecule has 0 spiro atoms. The minimum absolute atomic E-state index is 0.0319. The van der Waals surface area contributed by atoms with Crippen LogP contribution in [0.4, 0.5) is 0 Å². The van der Waals surface area contributed by atoms with Gasteiger partial charge in [0, 0.05) is 28.9 Å². The molecule has 0 rings (SSSR count). The molecule has 0 fully saturated rings. The number of nitrogens with two attached hydrogens (primary N) is 1. The van der Waals surface area contributed by atoms with E-state index in [2.05, 4.69) is 4.72 Å². The molecule has 2 atom stereocenters. The van der Waals surface area contributed by atoms with Gasteiger partial charge in [-0.2, -0.15) is 0 Å². The second-order valence-corrected chi connectivity index (χ2v) is 6.57. The van der Waals surface area contributed by atoms with E-state index in [0.29, 0.717) is 18.7 Å². The molecule has 7 heteroatoms. The molecule has 3 N–H and O–H groups in total. The Morgan fingerprint density at radius 3 is 2.50 bits per heavy atom. The first-order chi connectivity index (χ1) is 6.37. The standard InChI is InChI=1S/C7H18N2O3S2/c1-7(6-13(2)10)9-14(11,12)5-3-4-8/h7,9H,3-6,8H2,1-2H3. The quantitative estimate of drug-likeness (QED) is 0.600. The molecule has 0 radical (unpaired) electrons. The highest BCUT2D eigenvalue weighted by atomic mass is 32.2. The molecule has 86 valence electrons. The molecular formula is C7H18N2O3S2. The molecule has 2 unspecified atom stereocenters. The van der Waals surface area contributed by atoms with E-state index >= 15 is 0 Å². The maximum absolute atomic E-state index is 11.3. The molecule has 0 aliphatic heterocycles. The third kappa shape index (κ3) is 7.43. The molecule has 0 amide bonds. The zero-order valence-electron chi connectivity index (χ0n) is 8.52. The van der Waals surface area contributed by atoms with Gasteiger partial charge in [0.2, 0.25) is 10.0 Å². The lowest BCUT2D eigenvalue weighted by molar-refractivity contribution is 0.567. The third-order valence-corrected chi connectivity index (χ3v) is 4.04. The summed E-state index contributed by atoms with van der Waals surface area (Å²) in [5, 5.41) is 0. The number of nitrogens with one attached hydrogen (secondary N) is 1. The molecule has 0 heterocycles. The second kappa shape index (κ2) is 6.49. The molecule has 0 saturated heterocycles. The maximum atomic E-state index is 11.3. The Labute approximate surface area is 88.0 Å². The highest BCUT2D eigenvalue weighted by molar-refractivity contribution is 7.89. The summed E-state index contributed by atoms with van der Waals surface area (Å²) < 4.78 is 35.9. The number of rotatable bonds is 7. The van der Waals surface area contributed by atoms with Gasteiger partial charge < -0.3 is 5.73 Å². The van der Waals surface area contributed by atoms with Crippen LogP contribution in [0, 0.1) is 0 Å². The Hall–Kier alpha value is 0.0200. The molecule has 0 aromatic rings. The van der Waals surface area contributed by atoms with Crippen LogP contribution in [0.15, 0.2) is 0 Å². The topological polar surface area (TPSA) is 89.3 Å². The highest BCUT2D eigenvalue weighted by Crippen LogP contribution is 1.93. The van der Waals surface area contributed by atoms with Gasteiger partial charge >= 0.3 is 0 Å². The van der Waals surface area contributed by atoms with E-state index in [4.69, 9.17) is 5.73 Å². The van der Waals surface area contributed by atoms with E-state index < -0.39 is 20.8 Å². The number of sulfonamides is 1. The van der Waals surface area contributed by atoms with Gasteiger partial charge in [-0.3, -0.25) is 4.21 Å². The maximum Gasteiger partial charge on any atom is 0.211 e. The minimum atomic E-state index is -3.25. The molecule has 0 aromatic heterocycles. The predicted octanol–water partition coefficient (Wildman–Crippen LogP) is -0.978. The fourth-order valence-electron chi connectivity index (χ4n) is 1.02. The van der Waals surface area contributed by atoms with Gasteiger partial charge in [0.25, 0.3) is 0 Å². The fourth-order valence-corrected chi connectivity index (χ4v) is 3.28. The molecule has 14 heavy (non-hydrogen) atoms. The number of hydrogen-bond donors (Lipinski definition) is 2. The lowest BCUT2D eigenvalue weighted by atomic mass is 10.4. The summed E-state index contributed by atoms with van der Waals surface area (Å²) in [5.41, 5.74) is 5.21. The van der Waals surface area contributed by atoms with E-state index in [-0.39, 0.29) is 11.8 Å². The first-order valence-electron chi connectivity index (χ1n) is 4.37. The Bertz CT molecular complexity index is 277. The summed E-state index contributed by atoms with van der Waals surface area (Å²) in [7, 11) is -4.24. The highest BCUT2D eigenvalue weighted by Gasteiger charge is 2.14. The zero-order valence-corrected chi connectivity index (χ0v) is 10.2. The lowest BCUT2D eigenvalue weighted by Gasteiger charge is -2.12. The van der Waals surface area contributed by atoms with Crippen LogP contribution in [0.5, 0.6) is 0 Å². The van der Waals surface area contributed by atoms with Crippen molar-refractivity contribution in [2.75, 3.05) is 24.3 Å². The predicted molar refractivity (Wildman–Crippen MR) is 59.0 cm³/mol. The van der Waals surface area contributed by atoms with E-state index in [1.165, 1.54) is 0 Å². The third-order valence-electron chi connectivity index (χ3n) is 1.48. The molecule has 0 saturated carbocycles. The van der Waals surface area contributed by atoms with Crippen molar-refractivity contribution in [3.8, 4) is 0 Å². The van der Waals surface area contributed by atoms with E-state index in [9.17, 15) is 12.6 Å². The van der Waals surface area contributed by atoms with Gasteiger partial charge in [-0.1, -0.05) is 0 Å². The van der Waals surface area contributed by atoms with Crippen LogP contribution in [0.3, 0.4) is 0 Å². The average molecular weight is 242 g/mol. The summed E-state index contributed by atoms with van der Waals surface area (Å²) in [4.78, 5) is 0. The molecular weight excluding hydrogens is 224 g/mol. The van der Waals surface area contributed by atoms with Crippen molar-refractivity contribution in [2.24, 2.45) is 5.73 Å². The van der Waals surface area contributed by atoms with Gasteiger partial charge in [0.05, 0.1) is 5.75 Å². The van der Waals surface area contributed by atoms with Crippen LogP contribution in [0.2, 0.25) is 0 Å². The van der Waals surface area contributed by atoms with Crippen molar-refractivity contribution in [2.45, 2.75) is 19.4 Å². The molecule has 0 bridgehead atoms. The van der Waals surface area contributed by atoms with Crippen LogP contribution >= 0.6 is 0 Å². The number of hydrogen-bond acceptors (Lipinski definition) is 4. The average Bonchev–Trinajstić information content (AvgIpc) is 1.98. The van der Waals surface area contributed by atoms with E-state index in [1.807, 2.05) is 0 Å². The van der Waals surface area contributed by atoms with Crippen molar-refractivity contribution in [3.05, 3.63) is 0 Å². The smallest absolute Gasteiger partial charge is 0.211 e. The summed E-state index contributed by atoms with van der Waals surface area (Å²) >= 11 is 0. The Morgan fingerprint density at radius 2 is 2.07 bits per heavy atom. The van der Waals surface area contributed by atoms with E-state index in [1.54, 1.807) is 13.2 Å². The summed E-state index contributed by atoms with van der Waals surface area (Å²) in [5.74, 6) is 0.367. The van der Waals surface area contributed by atoms with Crippen molar-refractivity contribution >= 4 is 20.8 Å². The van der Waals surface area contributed by atoms with Crippen molar-refractivity contribution < 1.29 is 12.6 Å². The second-order valence-electron chi connectivity index (χ2n) is 3.22. The zero-order chi connectivity index (χ0) is 11.2.